The number of halogens is 3. The van der Waals surface area contributed by atoms with Crippen LogP contribution in [0.25, 0.3) is 0 Å². The number of carbonyl (C=O) groups excluding carboxylic acids is 1. The molecule has 2 aromatic rings. The number of ether oxygens (including phenoxy) is 1. The van der Waals surface area contributed by atoms with Gasteiger partial charge < -0.3 is 14.5 Å². The van der Waals surface area contributed by atoms with Gasteiger partial charge >= 0.3 is 6.18 Å². The van der Waals surface area contributed by atoms with Gasteiger partial charge in [-0.05, 0) is 79.1 Å². The van der Waals surface area contributed by atoms with Crippen LogP contribution in [0.5, 0.6) is 0 Å². The van der Waals surface area contributed by atoms with E-state index >= 15 is 0 Å². The van der Waals surface area contributed by atoms with E-state index in [0.717, 1.165) is 44.3 Å². The van der Waals surface area contributed by atoms with Crippen molar-refractivity contribution in [2.24, 2.45) is 11.8 Å². The predicted octanol–water partition coefficient (Wildman–Crippen LogP) is 6.19. The minimum Gasteiger partial charge on any atom is -0.384 e. The number of methoxy groups -OCH3 is 1. The average Bonchev–Trinajstić information content (AvgIpc) is 3.14. The van der Waals surface area contributed by atoms with Gasteiger partial charge in [0.05, 0.1) is 31.1 Å². The molecular weight excluding hydrogens is 569 g/mol. The summed E-state index contributed by atoms with van der Waals surface area (Å²) in [6.07, 6.45) is 0.842. The standard InChI is InChI=1S/C33H39F3N6O2/c1-40(21-38)30(39)15-32(13-24(14-32)16-37)25-7-5-8-26(12-25)42-19-28-27(31(42)43)10-23(11-29(28)33(34,35)36)18-41-9-4-3-6-22(17-41)20-44-2/h5,7-8,10-12,21-22,24,38-39H,3-4,6,9,13-15,17-20H2,1-2H3/t22?,24-,32-. The van der Waals surface area contributed by atoms with Crippen LogP contribution in [0.2, 0.25) is 0 Å². The topological polar surface area (TPSA) is 108 Å². The highest BCUT2D eigenvalue weighted by atomic mass is 19.4. The molecule has 44 heavy (non-hydrogen) atoms. The summed E-state index contributed by atoms with van der Waals surface area (Å²) in [4.78, 5) is 18.8. The first-order valence-electron chi connectivity index (χ1n) is 15.0. The van der Waals surface area contributed by atoms with Crippen LogP contribution in [0.4, 0.5) is 18.9 Å². The summed E-state index contributed by atoms with van der Waals surface area (Å²) in [6, 6.07) is 12.3. The molecule has 2 heterocycles. The van der Waals surface area contributed by atoms with Crippen molar-refractivity contribution in [1.29, 1.82) is 16.1 Å². The number of carbonyl (C=O) groups is 1. The molecule has 0 aromatic heterocycles. The Morgan fingerprint density at radius 1 is 1.25 bits per heavy atom. The molecule has 1 aliphatic carbocycles. The van der Waals surface area contributed by atoms with E-state index in [9.17, 15) is 23.2 Å². The summed E-state index contributed by atoms with van der Waals surface area (Å²) >= 11 is 0. The van der Waals surface area contributed by atoms with Crippen molar-refractivity contribution < 1.29 is 22.7 Å². The van der Waals surface area contributed by atoms with E-state index in [-0.39, 0.29) is 29.4 Å². The van der Waals surface area contributed by atoms with Gasteiger partial charge in [0.25, 0.3) is 5.91 Å². The summed E-state index contributed by atoms with van der Waals surface area (Å²) in [7, 11) is 3.28. The average molecular weight is 609 g/mol. The SMILES string of the molecule is COCC1CCCCN(Cc2cc3c(c(C(F)(F)F)c2)CN(c2cccc([C@]4(CC(=N)N(C)C=N)C[C@@H](C#N)C4)c2)C3=O)C1. The van der Waals surface area contributed by atoms with Gasteiger partial charge in [-0.15, -0.1) is 0 Å². The molecule has 2 N–H and O–H groups in total. The number of rotatable bonds is 9. The second-order valence-electron chi connectivity index (χ2n) is 12.5. The molecule has 234 valence electrons. The van der Waals surface area contributed by atoms with E-state index in [2.05, 4.69) is 11.0 Å². The molecule has 1 unspecified atom stereocenters. The molecule has 2 fully saturated rings. The molecule has 1 atom stereocenters. The van der Waals surface area contributed by atoms with Crippen molar-refractivity contribution in [3.63, 3.8) is 0 Å². The second-order valence-corrected chi connectivity index (χ2v) is 12.5. The van der Waals surface area contributed by atoms with Gasteiger partial charge in [-0.25, -0.2) is 0 Å². The number of benzene rings is 2. The van der Waals surface area contributed by atoms with E-state index in [1.807, 2.05) is 12.1 Å². The molecule has 1 amide bonds. The first kappa shape index (κ1) is 31.7. The Kier molecular flexibility index (Phi) is 9.14. The predicted molar refractivity (Wildman–Crippen MR) is 162 cm³/mol. The van der Waals surface area contributed by atoms with Gasteiger partial charge in [0.2, 0.25) is 0 Å². The summed E-state index contributed by atoms with van der Waals surface area (Å²) in [5.74, 6) is -0.0885. The summed E-state index contributed by atoms with van der Waals surface area (Å²) < 4.78 is 48.6. The lowest BCUT2D eigenvalue weighted by Crippen LogP contribution is -2.44. The summed E-state index contributed by atoms with van der Waals surface area (Å²) in [5, 5.41) is 25.4. The number of anilines is 1. The van der Waals surface area contributed by atoms with Crippen molar-refractivity contribution in [1.82, 2.24) is 9.80 Å². The third-order valence-corrected chi connectivity index (χ3v) is 9.42. The zero-order valence-corrected chi connectivity index (χ0v) is 25.2. The molecule has 2 aliphatic heterocycles. The van der Waals surface area contributed by atoms with Crippen molar-refractivity contribution in [3.05, 3.63) is 64.2 Å². The van der Waals surface area contributed by atoms with Gasteiger partial charge in [0.15, 0.2) is 0 Å². The molecule has 11 heteroatoms. The Labute approximate surface area is 256 Å². The van der Waals surface area contributed by atoms with Crippen LogP contribution in [-0.4, -0.2) is 61.7 Å². The van der Waals surface area contributed by atoms with Crippen molar-refractivity contribution in [3.8, 4) is 6.07 Å². The van der Waals surface area contributed by atoms with E-state index in [1.165, 1.54) is 15.9 Å². The highest BCUT2D eigenvalue weighted by molar-refractivity contribution is 6.10. The number of alkyl halides is 3. The molecule has 1 saturated carbocycles. The van der Waals surface area contributed by atoms with Crippen LogP contribution in [0, 0.1) is 34.0 Å². The van der Waals surface area contributed by atoms with Crippen LogP contribution in [0.3, 0.4) is 0 Å². The van der Waals surface area contributed by atoms with E-state index in [1.54, 1.807) is 32.4 Å². The van der Waals surface area contributed by atoms with Gasteiger partial charge in [-0.3, -0.25) is 20.5 Å². The van der Waals surface area contributed by atoms with Crippen molar-refractivity contribution in [2.75, 3.05) is 38.8 Å². The van der Waals surface area contributed by atoms with Crippen molar-refractivity contribution >= 4 is 23.8 Å². The van der Waals surface area contributed by atoms with E-state index in [4.69, 9.17) is 15.6 Å². The lowest BCUT2D eigenvalue weighted by atomic mass is 9.57. The van der Waals surface area contributed by atoms with E-state index in [0.29, 0.717) is 49.6 Å². The normalized spacial score (nSPS) is 23.8. The highest BCUT2D eigenvalue weighted by Gasteiger charge is 2.47. The Hall–Kier alpha value is -3.75. The number of hydrogen-bond donors (Lipinski definition) is 2. The maximum Gasteiger partial charge on any atom is 0.416 e. The minimum absolute atomic E-state index is 0.0120. The number of nitrogens with one attached hydrogen (secondary N) is 2. The van der Waals surface area contributed by atoms with Crippen LogP contribution in [-0.2, 0) is 29.4 Å². The number of amides is 1. The molecule has 0 spiro atoms. The number of hydrogen-bond acceptors (Lipinski definition) is 6. The lowest BCUT2D eigenvalue weighted by molar-refractivity contribution is -0.138. The number of nitriles is 1. The first-order chi connectivity index (χ1) is 21.0. The Morgan fingerprint density at radius 2 is 2.02 bits per heavy atom. The van der Waals surface area contributed by atoms with Crippen LogP contribution >= 0.6 is 0 Å². The number of likely N-dealkylation sites (tertiary alicyclic amines) is 1. The van der Waals surface area contributed by atoms with Gasteiger partial charge in [-0.2, -0.15) is 18.4 Å². The molecule has 8 nitrogen and oxygen atoms in total. The maximum absolute atomic E-state index is 14.4. The fourth-order valence-electron chi connectivity index (χ4n) is 7.09. The zero-order valence-electron chi connectivity index (χ0n) is 25.2. The third-order valence-electron chi connectivity index (χ3n) is 9.42. The largest absolute Gasteiger partial charge is 0.416 e. The first-order valence-corrected chi connectivity index (χ1v) is 15.0. The van der Waals surface area contributed by atoms with Crippen molar-refractivity contribution in [2.45, 2.75) is 63.2 Å². The van der Waals surface area contributed by atoms with Gasteiger partial charge in [-0.1, -0.05) is 18.6 Å². The molecule has 0 radical (unpaired) electrons. The molecule has 1 saturated heterocycles. The van der Waals surface area contributed by atoms with Crippen LogP contribution in [0.15, 0.2) is 36.4 Å². The third kappa shape index (κ3) is 6.37. The zero-order chi connectivity index (χ0) is 31.6. The Morgan fingerprint density at radius 3 is 2.70 bits per heavy atom. The maximum atomic E-state index is 14.4. The van der Waals surface area contributed by atoms with Gasteiger partial charge in [0.1, 0.15) is 5.84 Å². The minimum atomic E-state index is -4.61. The fourth-order valence-corrected chi connectivity index (χ4v) is 7.09. The van der Waals surface area contributed by atoms with Crippen LogP contribution < -0.4 is 4.90 Å². The van der Waals surface area contributed by atoms with Crippen LogP contribution in [0.1, 0.15) is 71.1 Å². The second kappa shape index (κ2) is 12.7. The summed E-state index contributed by atoms with van der Waals surface area (Å²) in [6.45, 7) is 2.28. The Bertz CT molecular complexity index is 1460. The monoisotopic (exact) mass is 608 g/mol. The molecule has 5 rings (SSSR count). The number of fused-ring (bicyclic) bond motifs is 1. The summed E-state index contributed by atoms with van der Waals surface area (Å²) in [5.41, 5.74) is 0.566. The van der Waals surface area contributed by atoms with Gasteiger partial charge in [0, 0.05) is 56.3 Å². The fraction of sp³-hybridized carbons (Fsp3) is 0.515. The highest BCUT2D eigenvalue weighted by Crippen LogP contribution is 2.51. The van der Waals surface area contributed by atoms with E-state index < -0.39 is 23.1 Å². The number of nitrogens with zero attached hydrogens (tertiary/aromatic N) is 4. The molecule has 3 aliphatic rings. The lowest BCUT2D eigenvalue weighted by Gasteiger charge is -2.46. The smallest absolute Gasteiger partial charge is 0.384 e. The molecule has 0 bridgehead atoms. The molecule has 2 aromatic carbocycles. The molecular formula is C33H39F3N6O2. The Balaban J connectivity index is 1.44. The quantitative estimate of drug-likeness (QED) is 0.261. The number of amidine groups is 1.